The van der Waals surface area contributed by atoms with Gasteiger partial charge in [-0.3, -0.25) is 14.4 Å². The molecule has 4 unspecified atom stereocenters. The highest BCUT2D eigenvalue weighted by atomic mass is 16.7. The average Bonchev–Trinajstić information content (AvgIpc) is 3.15. The van der Waals surface area contributed by atoms with Gasteiger partial charge in [-0.15, -0.1) is 0 Å². The zero-order valence-corrected chi connectivity index (χ0v) is 22.9. The Hall–Kier alpha value is -1.47. The molecule has 0 radical (unpaired) electrons. The number of hydrogen-bond acceptors (Lipinski definition) is 7. The molecular formula is C28H50O7. The van der Waals surface area contributed by atoms with Gasteiger partial charge < -0.3 is 18.9 Å². The Morgan fingerprint density at radius 1 is 1.00 bits per heavy atom. The van der Waals surface area contributed by atoms with Gasteiger partial charge in [0.1, 0.15) is 18.0 Å². The molecule has 0 aliphatic heterocycles. The highest BCUT2D eigenvalue weighted by Gasteiger charge is 2.55. The molecule has 4 atom stereocenters. The summed E-state index contributed by atoms with van der Waals surface area (Å²) in [7, 11) is 1.62. The summed E-state index contributed by atoms with van der Waals surface area (Å²) >= 11 is 0. The van der Waals surface area contributed by atoms with Crippen LogP contribution in [0.3, 0.4) is 0 Å². The summed E-state index contributed by atoms with van der Waals surface area (Å²) in [6.07, 6.45) is 10.4. The molecule has 0 amide bonds. The molecule has 0 saturated heterocycles. The average molecular weight is 499 g/mol. The molecule has 7 heteroatoms. The van der Waals surface area contributed by atoms with Crippen molar-refractivity contribution in [2.75, 3.05) is 27.1 Å². The molecular weight excluding hydrogens is 448 g/mol. The van der Waals surface area contributed by atoms with E-state index in [9.17, 15) is 14.4 Å². The maximum Gasteiger partial charge on any atom is 0.319 e. The van der Waals surface area contributed by atoms with E-state index in [4.69, 9.17) is 18.9 Å². The molecule has 7 nitrogen and oxygen atoms in total. The zero-order valence-electron chi connectivity index (χ0n) is 22.9. The zero-order chi connectivity index (χ0) is 26.1. The van der Waals surface area contributed by atoms with Crippen molar-refractivity contribution in [2.45, 2.75) is 117 Å². The standard InChI is InChI=1S/C28H50O7/c1-6-9-10-13-24(35-21-32-5)17-15-23-16-18-25(29)28(23,27(31)34-8-3)20-19-22(4)12-11-14-26(30)33-7-2/h22-24H,6-21H2,1-5H3. The third kappa shape index (κ3) is 10.6. The molecule has 1 rings (SSSR count). The highest BCUT2D eigenvalue weighted by Crippen LogP contribution is 2.48. The maximum absolute atomic E-state index is 13.2. The number of carbonyl (C=O) groups is 3. The molecule has 1 aliphatic carbocycles. The van der Waals surface area contributed by atoms with Crippen LogP contribution in [-0.4, -0.2) is 50.9 Å². The van der Waals surface area contributed by atoms with Gasteiger partial charge in [-0.25, -0.2) is 0 Å². The third-order valence-electron chi connectivity index (χ3n) is 7.36. The lowest BCUT2D eigenvalue weighted by molar-refractivity contribution is -0.163. The first-order valence-electron chi connectivity index (χ1n) is 13.8. The van der Waals surface area contributed by atoms with Crippen molar-refractivity contribution in [3.63, 3.8) is 0 Å². The predicted molar refractivity (Wildman–Crippen MR) is 136 cm³/mol. The van der Waals surface area contributed by atoms with Crippen molar-refractivity contribution >= 4 is 17.7 Å². The predicted octanol–water partition coefficient (Wildman–Crippen LogP) is 6.01. The maximum atomic E-state index is 13.2. The van der Waals surface area contributed by atoms with E-state index in [1.54, 1.807) is 14.0 Å². The first kappa shape index (κ1) is 31.6. The lowest BCUT2D eigenvalue weighted by atomic mass is 9.70. The molecule has 0 heterocycles. The van der Waals surface area contributed by atoms with E-state index in [0.29, 0.717) is 31.8 Å². The smallest absolute Gasteiger partial charge is 0.319 e. The van der Waals surface area contributed by atoms with Crippen LogP contribution in [0.25, 0.3) is 0 Å². The van der Waals surface area contributed by atoms with Gasteiger partial charge in [-0.05, 0) is 70.6 Å². The van der Waals surface area contributed by atoms with Crippen LogP contribution in [0.1, 0.15) is 111 Å². The minimum Gasteiger partial charge on any atom is -0.466 e. The molecule has 1 aliphatic rings. The fourth-order valence-electron chi connectivity index (χ4n) is 5.31. The van der Waals surface area contributed by atoms with Gasteiger partial charge in [0.25, 0.3) is 0 Å². The van der Waals surface area contributed by atoms with E-state index in [2.05, 4.69) is 13.8 Å². The number of esters is 2. The van der Waals surface area contributed by atoms with Crippen LogP contribution < -0.4 is 0 Å². The topological polar surface area (TPSA) is 88.1 Å². The number of ketones is 1. The summed E-state index contributed by atoms with van der Waals surface area (Å²) < 4.78 is 21.5. The largest absolute Gasteiger partial charge is 0.466 e. The number of rotatable bonds is 20. The molecule has 0 aromatic heterocycles. The number of hydrogen-bond donors (Lipinski definition) is 0. The van der Waals surface area contributed by atoms with E-state index in [0.717, 1.165) is 64.2 Å². The summed E-state index contributed by atoms with van der Waals surface area (Å²) in [5.74, 6) is -0.221. The minimum atomic E-state index is -1.05. The van der Waals surface area contributed by atoms with E-state index in [1.807, 2.05) is 6.92 Å². The Morgan fingerprint density at radius 3 is 2.40 bits per heavy atom. The van der Waals surface area contributed by atoms with Crippen molar-refractivity contribution in [2.24, 2.45) is 17.3 Å². The van der Waals surface area contributed by atoms with Gasteiger partial charge in [-0.2, -0.15) is 0 Å². The van der Waals surface area contributed by atoms with Crippen molar-refractivity contribution in [1.29, 1.82) is 0 Å². The molecule has 1 fully saturated rings. The number of ether oxygens (including phenoxy) is 4. The summed E-state index contributed by atoms with van der Waals surface area (Å²) in [5.41, 5.74) is -1.05. The van der Waals surface area contributed by atoms with Gasteiger partial charge in [0.15, 0.2) is 0 Å². The van der Waals surface area contributed by atoms with Crippen molar-refractivity contribution in [3.8, 4) is 0 Å². The van der Waals surface area contributed by atoms with Gasteiger partial charge in [0.05, 0.1) is 19.3 Å². The summed E-state index contributed by atoms with van der Waals surface area (Å²) in [6.45, 7) is 8.83. The van der Waals surface area contributed by atoms with Crippen LogP contribution in [0.15, 0.2) is 0 Å². The third-order valence-corrected chi connectivity index (χ3v) is 7.36. The van der Waals surface area contributed by atoms with Crippen molar-refractivity contribution < 1.29 is 33.3 Å². The summed E-state index contributed by atoms with van der Waals surface area (Å²) in [6, 6.07) is 0. The number of carbonyl (C=O) groups excluding carboxylic acids is 3. The van der Waals surface area contributed by atoms with Crippen LogP contribution >= 0.6 is 0 Å². The highest BCUT2D eigenvalue weighted by molar-refractivity contribution is 6.05. The van der Waals surface area contributed by atoms with Crippen molar-refractivity contribution in [1.82, 2.24) is 0 Å². The molecule has 0 spiro atoms. The summed E-state index contributed by atoms with van der Waals surface area (Å²) in [5, 5.41) is 0. The number of methoxy groups -OCH3 is 1. The van der Waals surface area contributed by atoms with Crippen LogP contribution in [0.5, 0.6) is 0 Å². The first-order valence-corrected chi connectivity index (χ1v) is 13.8. The van der Waals surface area contributed by atoms with Crippen LogP contribution in [0, 0.1) is 17.3 Å². The Balaban J connectivity index is 2.83. The molecule has 204 valence electrons. The van der Waals surface area contributed by atoms with Crippen LogP contribution in [-0.2, 0) is 33.3 Å². The molecule has 0 aromatic rings. The normalized spacial score (nSPS) is 21.6. The van der Waals surface area contributed by atoms with E-state index >= 15 is 0 Å². The monoisotopic (exact) mass is 498 g/mol. The Bertz CT molecular complexity index is 620. The van der Waals surface area contributed by atoms with Crippen LogP contribution in [0.4, 0.5) is 0 Å². The minimum absolute atomic E-state index is 0.0272. The second-order valence-corrected chi connectivity index (χ2v) is 9.96. The van der Waals surface area contributed by atoms with Gasteiger partial charge in [0, 0.05) is 20.0 Å². The van der Waals surface area contributed by atoms with Gasteiger partial charge >= 0.3 is 11.9 Å². The van der Waals surface area contributed by atoms with Crippen LogP contribution in [0.2, 0.25) is 0 Å². The fraction of sp³-hybridized carbons (Fsp3) is 0.893. The number of Topliss-reactive ketones (excluding diaryl/α,β-unsaturated/α-hetero) is 1. The SMILES string of the molecule is CCCCCC(CCC1CCC(=O)C1(CCC(C)CCCC(=O)OCC)C(=O)OCC)OCOC. The molecule has 35 heavy (non-hydrogen) atoms. The Labute approximate surface area is 213 Å². The number of unbranched alkanes of at least 4 members (excludes halogenated alkanes) is 2. The van der Waals surface area contributed by atoms with Gasteiger partial charge in [0.2, 0.25) is 0 Å². The quantitative estimate of drug-likeness (QED) is 0.0878. The second kappa shape index (κ2) is 17.9. The van der Waals surface area contributed by atoms with Crippen molar-refractivity contribution in [3.05, 3.63) is 0 Å². The van der Waals surface area contributed by atoms with Gasteiger partial charge in [-0.1, -0.05) is 39.5 Å². The summed E-state index contributed by atoms with van der Waals surface area (Å²) in [4.78, 5) is 38.1. The van der Waals surface area contributed by atoms with E-state index < -0.39 is 5.41 Å². The first-order chi connectivity index (χ1) is 16.8. The Kier molecular flexibility index (Phi) is 16.1. The lowest BCUT2D eigenvalue weighted by Crippen LogP contribution is -2.43. The van der Waals surface area contributed by atoms with E-state index in [1.165, 1.54) is 0 Å². The second-order valence-electron chi connectivity index (χ2n) is 9.96. The lowest BCUT2D eigenvalue weighted by Gasteiger charge is -2.33. The Morgan fingerprint density at radius 2 is 1.74 bits per heavy atom. The van der Waals surface area contributed by atoms with E-state index in [-0.39, 0.29) is 43.1 Å². The molecule has 0 N–H and O–H groups in total. The molecule has 1 saturated carbocycles. The molecule has 0 bridgehead atoms. The fourth-order valence-corrected chi connectivity index (χ4v) is 5.31. The molecule has 0 aromatic carbocycles.